The molecule has 0 radical (unpaired) electrons. The molecule has 0 amide bonds. The van der Waals surface area contributed by atoms with Crippen LogP contribution in [0.5, 0.6) is 5.75 Å². The molecule has 0 saturated heterocycles. The van der Waals surface area contributed by atoms with Crippen molar-refractivity contribution in [2.45, 2.75) is 38.1 Å². The number of allylic oxidation sites excluding steroid dienone is 1. The van der Waals surface area contributed by atoms with Crippen molar-refractivity contribution in [2.75, 3.05) is 20.0 Å². The highest BCUT2D eigenvalue weighted by molar-refractivity contribution is 7.98. The minimum Gasteiger partial charge on any atom is -0.493 e. The van der Waals surface area contributed by atoms with Crippen LogP contribution in [0.1, 0.15) is 43.0 Å². The van der Waals surface area contributed by atoms with Gasteiger partial charge in [0.25, 0.3) is 5.56 Å². The highest BCUT2D eigenvalue weighted by Crippen LogP contribution is 2.32. The molecule has 1 aliphatic heterocycles. The Labute approximate surface area is 275 Å². The van der Waals surface area contributed by atoms with E-state index in [0.717, 1.165) is 50.7 Å². The van der Waals surface area contributed by atoms with Crippen LogP contribution in [0.2, 0.25) is 0 Å². The molecule has 6 rings (SSSR count). The maximum atomic E-state index is 14.3. The molecule has 2 aromatic heterocycles. The molecule has 3 heterocycles. The second kappa shape index (κ2) is 13.4. The number of carbonyl (C=O) groups is 1. The van der Waals surface area contributed by atoms with Crippen LogP contribution in [0.25, 0.3) is 23.0 Å². The molecule has 0 saturated carbocycles. The number of methoxy groups -OCH3 is 1. The predicted molar refractivity (Wildman–Crippen MR) is 184 cm³/mol. The zero-order chi connectivity index (χ0) is 32.4. The highest BCUT2D eigenvalue weighted by Gasteiger charge is 2.33. The molecular formula is C36H34N4O4S2. The van der Waals surface area contributed by atoms with Gasteiger partial charge in [-0.15, -0.1) is 11.8 Å². The number of para-hydroxylation sites is 1. The van der Waals surface area contributed by atoms with Crippen molar-refractivity contribution in [2.24, 2.45) is 4.99 Å². The first-order chi connectivity index (χ1) is 22.3. The summed E-state index contributed by atoms with van der Waals surface area (Å²) in [6, 6.07) is 23.1. The van der Waals surface area contributed by atoms with Crippen LogP contribution in [0.3, 0.4) is 0 Å². The first kappa shape index (κ1) is 31.3. The van der Waals surface area contributed by atoms with Crippen LogP contribution in [0.4, 0.5) is 0 Å². The Balaban J connectivity index is 1.53. The Kier molecular flexibility index (Phi) is 9.10. The normalized spacial score (nSPS) is 14.6. The Morgan fingerprint density at radius 2 is 1.83 bits per heavy atom. The van der Waals surface area contributed by atoms with Gasteiger partial charge in [0.2, 0.25) is 0 Å². The number of hydrogen-bond acceptors (Lipinski definition) is 8. The number of benzene rings is 3. The van der Waals surface area contributed by atoms with Crippen LogP contribution < -0.4 is 19.6 Å². The average molecular weight is 651 g/mol. The van der Waals surface area contributed by atoms with Crippen molar-refractivity contribution in [1.82, 2.24) is 14.3 Å². The highest BCUT2D eigenvalue weighted by atomic mass is 32.2. The summed E-state index contributed by atoms with van der Waals surface area (Å²) in [6.07, 6.45) is 6.73. The summed E-state index contributed by atoms with van der Waals surface area (Å²) < 4.78 is 15.0. The molecule has 1 atom stereocenters. The number of hydrogen-bond donors (Lipinski definition) is 0. The van der Waals surface area contributed by atoms with Gasteiger partial charge in [0.1, 0.15) is 11.4 Å². The number of fused-ring (bicyclic) bond motifs is 1. The lowest BCUT2D eigenvalue weighted by atomic mass is 9.96. The molecule has 0 N–H and O–H groups in total. The van der Waals surface area contributed by atoms with Gasteiger partial charge in [-0.3, -0.25) is 9.36 Å². The van der Waals surface area contributed by atoms with Gasteiger partial charge in [0, 0.05) is 22.2 Å². The van der Waals surface area contributed by atoms with Gasteiger partial charge >= 0.3 is 5.97 Å². The molecule has 46 heavy (non-hydrogen) atoms. The first-order valence-corrected chi connectivity index (χ1v) is 17.0. The van der Waals surface area contributed by atoms with Crippen LogP contribution >= 0.6 is 23.1 Å². The maximum Gasteiger partial charge on any atom is 0.338 e. The van der Waals surface area contributed by atoms with E-state index in [0.29, 0.717) is 27.2 Å². The molecule has 0 bridgehead atoms. The summed E-state index contributed by atoms with van der Waals surface area (Å²) in [6.45, 7) is 6.53. The Bertz CT molecular complexity index is 2130. The van der Waals surface area contributed by atoms with Crippen LogP contribution in [0, 0.1) is 6.92 Å². The lowest BCUT2D eigenvalue weighted by Gasteiger charge is -2.24. The average Bonchev–Trinajstić information content (AvgIpc) is 3.64. The number of nitrogens with zero attached hydrogens (tertiary/aromatic N) is 4. The van der Waals surface area contributed by atoms with Crippen molar-refractivity contribution in [3.8, 4) is 22.7 Å². The fourth-order valence-corrected chi connectivity index (χ4v) is 6.98. The number of thiazole rings is 1. The van der Waals surface area contributed by atoms with Crippen molar-refractivity contribution in [3.63, 3.8) is 0 Å². The smallest absolute Gasteiger partial charge is 0.338 e. The zero-order valence-electron chi connectivity index (χ0n) is 26.3. The van der Waals surface area contributed by atoms with Crippen LogP contribution in [0.15, 0.2) is 105 Å². The summed E-state index contributed by atoms with van der Waals surface area (Å²) >= 11 is 2.92. The first-order valence-electron chi connectivity index (χ1n) is 15.0. The summed E-state index contributed by atoms with van der Waals surface area (Å²) in [7, 11) is 1.34. The molecular weight excluding hydrogens is 617 g/mol. The minimum absolute atomic E-state index is 0.241. The van der Waals surface area contributed by atoms with Crippen molar-refractivity contribution in [3.05, 3.63) is 127 Å². The second-order valence-corrected chi connectivity index (χ2v) is 12.8. The van der Waals surface area contributed by atoms with Gasteiger partial charge in [-0.05, 0) is 86.2 Å². The number of aromatic nitrogens is 3. The Hall–Kier alpha value is -4.67. The van der Waals surface area contributed by atoms with Gasteiger partial charge in [0.05, 0.1) is 41.2 Å². The predicted octanol–water partition coefficient (Wildman–Crippen LogP) is 6.08. The maximum absolute atomic E-state index is 14.3. The fourth-order valence-electron chi connectivity index (χ4n) is 5.54. The fraction of sp³-hybridized carbons (Fsp3) is 0.222. The lowest BCUT2D eigenvalue weighted by molar-refractivity contribution is -0.136. The lowest BCUT2D eigenvalue weighted by Crippen LogP contribution is -2.39. The van der Waals surface area contributed by atoms with Crippen LogP contribution in [-0.4, -0.2) is 40.3 Å². The summed E-state index contributed by atoms with van der Waals surface area (Å²) in [5.41, 5.74) is 5.75. The summed E-state index contributed by atoms with van der Waals surface area (Å²) in [5.74, 6) is 0.327. The number of ether oxygens (including phenoxy) is 2. The van der Waals surface area contributed by atoms with E-state index >= 15 is 0 Å². The SMILES string of the molecule is CCCOc1ccc(-c2nn(-c3ccccc3)cc2C=c2sc3n(c2=O)C(c2ccc(SC)cc2)C(C(=O)OC)=C(C)N=3)cc1C. The number of rotatable bonds is 9. The molecule has 0 aliphatic carbocycles. The molecule has 1 aliphatic rings. The Morgan fingerprint density at radius 1 is 1.07 bits per heavy atom. The van der Waals surface area contributed by atoms with E-state index in [1.165, 1.54) is 18.4 Å². The zero-order valence-corrected chi connectivity index (χ0v) is 27.9. The van der Waals surface area contributed by atoms with E-state index in [4.69, 9.17) is 19.6 Å². The number of esters is 1. The molecule has 5 aromatic rings. The van der Waals surface area contributed by atoms with Crippen molar-refractivity contribution in [1.29, 1.82) is 0 Å². The van der Waals surface area contributed by atoms with Gasteiger partial charge in [0.15, 0.2) is 4.80 Å². The standard InChI is InChI=1S/C36H34N4O4S2/c1-6-18-44-29-17-14-25(19-22(29)2)32-26(21-39(38-32)27-10-8-7-9-11-27)20-30-34(41)40-33(24-12-15-28(45-5)16-13-24)31(35(42)43-4)23(3)37-36(40)46-30/h7-17,19-21,33H,6,18H2,1-5H3. The minimum atomic E-state index is -0.674. The summed E-state index contributed by atoms with van der Waals surface area (Å²) in [5, 5.41) is 4.97. The van der Waals surface area contributed by atoms with E-state index in [1.807, 2.05) is 96.9 Å². The number of aryl methyl sites for hydroxylation is 1. The topological polar surface area (TPSA) is 87.7 Å². The third-order valence-electron chi connectivity index (χ3n) is 7.82. The van der Waals surface area contributed by atoms with E-state index in [2.05, 4.69) is 13.0 Å². The molecule has 8 nitrogen and oxygen atoms in total. The van der Waals surface area contributed by atoms with Gasteiger partial charge in [-0.1, -0.05) is 48.6 Å². The van der Waals surface area contributed by atoms with E-state index in [9.17, 15) is 9.59 Å². The van der Waals surface area contributed by atoms with Gasteiger partial charge in [-0.25, -0.2) is 14.5 Å². The van der Waals surface area contributed by atoms with Crippen molar-refractivity contribution < 1.29 is 14.3 Å². The van der Waals surface area contributed by atoms with Crippen molar-refractivity contribution >= 4 is 35.1 Å². The Morgan fingerprint density at radius 3 is 2.50 bits per heavy atom. The molecule has 0 fully saturated rings. The third kappa shape index (κ3) is 5.98. The monoisotopic (exact) mass is 650 g/mol. The van der Waals surface area contributed by atoms with Gasteiger partial charge in [-0.2, -0.15) is 5.10 Å². The third-order valence-corrected chi connectivity index (χ3v) is 9.54. The second-order valence-electron chi connectivity index (χ2n) is 10.9. The molecule has 3 aromatic carbocycles. The molecule has 10 heteroatoms. The van der Waals surface area contributed by atoms with Gasteiger partial charge < -0.3 is 9.47 Å². The molecule has 1 unspecified atom stereocenters. The quantitative estimate of drug-likeness (QED) is 0.142. The summed E-state index contributed by atoms with van der Waals surface area (Å²) in [4.78, 5) is 33.7. The van der Waals surface area contributed by atoms with E-state index in [-0.39, 0.29) is 5.56 Å². The molecule has 234 valence electrons. The van der Waals surface area contributed by atoms with E-state index < -0.39 is 12.0 Å². The number of thioether (sulfide) groups is 1. The van der Waals surface area contributed by atoms with Crippen LogP contribution in [-0.2, 0) is 9.53 Å². The van der Waals surface area contributed by atoms with E-state index in [1.54, 1.807) is 23.3 Å². The number of carbonyl (C=O) groups excluding carboxylic acids is 1. The largest absolute Gasteiger partial charge is 0.493 e. The molecule has 0 spiro atoms.